The second-order valence-electron chi connectivity index (χ2n) is 7.96. The van der Waals surface area contributed by atoms with Gasteiger partial charge in [-0.2, -0.15) is 5.90 Å². The Morgan fingerprint density at radius 3 is 2.96 bits per heavy atom. The number of ketones is 1. The molecule has 0 bridgehead atoms. The van der Waals surface area contributed by atoms with Crippen molar-refractivity contribution in [2.45, 2.75) is 51.9 Å². The lowest BCUT2D eigenvalue weighted by Gasteiger charge is -2.50. The summed E-state index contributed by atoms with van der Waals surface area (Å²) >= 11 is 0.709. The van der Waals surface area contributed by atoms with Gasteiger partial charge >= 0.3 is 0 Å². The number of Topliss-reactive ketones (excluding diaryl/α,β-unsaturated/α-hetero) is 1. The van der Waals surface area contributed by atoms with E-state index >= 15 is 0 Å². The van der Waals surface area contributed by atoms with E-state index in [1.165, 1.54) is 17.5 Å². The van der Waals surface area contributed by atoms with Gasteiger partial charge in [0.25, 0.3) is 12.3 Å². The number of carbonyl (C=O) groups excluding carboxylic acids is 1. The SMILES string of the molecule is CC(=O)C1=CCC2C3CCc4cc(OSOON)ccc4C3CCC12C. The molecule has 3 aliphatic rings. The normalized spacial score (nSPS) is 32.3. The largest absolute Gasteiger partial charge is 0.399 e. The monoisotopic (exact) mass is 375 g/mol. The van der Waals surface area contributed by atoms with Crippen LogP contribution in [0.3, 0.4) is 0 Å². The number of benzene rings is 1. The van der Waals surface area contributed by atoms with Gasteiger partial charge in [-0.15, -0.1) is 9.32 Å². The van der Waals surface area contributed by atoms with E-state index in [4.69, 9.17) is 10.1 Å². The van der Waals surface area contributed by atoms with Crippen LogP contribution in [-0.4, -0.2) is 5.78 Å². The van der Waals surface area contributed by atoms with E-state index in [0.29, 0.717) is 30.1 Å². The summed E-state index contributed by atoms with van der Waals surface area (Å²) < 4.78 is 9.91. The van der Waals surface area contributed by atoms with Crippen LogP contribution in [0.1, 0.15) is 56.6 Å². The first-order valence-electron chi connectivity index (χ1n) is 9.25. The van der Waals surface area contributed by atoms with Crippen molar-refractivity contribution in [3.05, 3.63) is 41.0 Å². The number of allylic oxidation sites excluding steroid dienone is 2. The molecule has 26 heavy (non-hydrogen) atoms. The van der Waals surface area contributed by atoms with Gasteiger partial charge in [0.05, 0.1) is 0 Å². The molecule has 1 aromatic carbocycles. The molecule has 1 aromatic rings. The van der Waals surface area contributed by atoms with Crippen molar-refractivity contribution in [3.63, 3.8) is 0 Å². The Hall–Kier alpha value is -1.34. The van der Waals surface area contributed by atoms with Crippen molar-refractivity contribution in [2.75, 3.05) is 0 Å². The lowest BCUT2D eigenvalue weighted by Crippen LogP contribution is -2.42. The zero-order valence-corrected chi connectivity index (χ0v) is 16.0. The second-order valence-corrected chi connectivity index (χ2v) is 8.40. The molecule has 2 N–H and O–H groups in total. The predicted octanol–water partition coefficient (Wildman–Crippen LogP) is 4.43. The summed E-state index contributed by atoms with van der Waals surface area (Å²) in [6.45, 7) is 4.04. The minimum Gasteiger partial charge on any atom is -0.399 e. The number of aryl methyl sites for hydroxylation is 1. The Bertz CT molecular complexity index is 749. The van der Waals surface area contributed by atoms with Crippen molar-refractivity contribution in [1.82, 2.24) is 0 Å². The van der Waals surface area contributed by atoms with Gasteiger partial charge in [-0.1, -0.05) is 19.1 Å². The van der Waals surface area contributed by atoms with E-state index in [2.05, 4.69) is 34.5 Å². The van der Waals surface area contributed by atoms with Gasteiger partial charge in [0.2, 0.25) is 0 Å². The standard InChI is InChI=1S/C20H25NO4S/c1-12(22)18-7-8-19-17-5-3-13-11-14(23-26-25-24-21)4-6-15(13)16(17)9-10-20(18,19)2/h4,6-7,11,16-17,19H,3,5,8-10,21H2,1-2H3. The van der Waals surface area contributed by atoms with Gasteiger partial charge in [0.15, 0.2) is 5.78 Å². The molecular formula is C20H25NO4S. The molecule has 0 heterocycles. The van der Waals surface area contributed by atoms with Crippen LogP contribution in [0.2, 0.25) is 0 Å². The Morgan fingerprint density at radius 2 is 2.19 bits per heavy atom. The van der Waals surface area contributed by atoms with Gasteiger partial charge in [-0.05, 0) is 91.0 Å². The van der Waals surface area contributed by atoms with Crippen LogP contribution in [0.15, 0.2) is 29.8 Å². The van der Waals surface area contributed by atoms with E-state index in [9.17, 15) is 4.79 Å². The predicted molar refractivity (Wildman–Crippen MR) is 99.8 cm³/mol. The topological polar surface area (TPSA) is 70.8 Å². The second kappa shape index (κ2) is 7.00. The smallest absolute Gasteiger partial charge is 0.260 e. The maximum Gasteiger partial charge on any atom is 0.260 e. The summed E-state index contributed by atoms with van der Waals surface area (Å²) in [6.07, 6.45) is 7.74. The van der Waals surface area contributed by atoms with Crippen LogP contribution in [0.4, 0.5) is 0 Å². The van der Waals surface area contributed by atoms with Crippen LogP contribution in [0.25, 0.3) is 0 Å². The molecule has 3 aliphatic carbocycles. The van der Waals surface area contributed by atoms with Crippen molar-refractivity contribution >= 4 is 18.1 Å². The number of nitrogens with two attached hydrogens (primary N) is 1. The molecule has 140 valence electrons. The fourth-order valence-corrected chi connectivity index (χ4v) is 6.04. The van der Waals surface area contributed by atoms with Crippen LogP contribution in [0, 0.1) is 17.3 Å². The van der Waals surface area contributed by atoms with E-state index in [0.717, 1.165) is 37.0 Å². The molecule has 4 unspecified atom stereocenters. The van der Waals surface area contributed by atoms with E-state index in [1.54, 1.807) is 6.92 Å². The minimum atomic E-state index is 0.0732. The van der Waals surface area contributed by atoms with Crippen LogP contribution in [0.5, 0.6) is 5.75 Å². The zero-order chi connectivity index (χ0) is 18.3. The molecular weight excluding hydrogens is 350 g/mol. The van der Waals surface area contributed by atoms with Gasteiger partial charge in [0, 0.05) is 0 Å². The van der Waals surface area contributed by atoms with Gasteiger partial charge in [-0.25, -0.2) is 0 Å². The first kappa shape index (κ1) is 18.0. The first-order chi connectivity index (χ1) is 12.5. The molecule has 1 fully saturated rings. The Kier molecular flexibility index (Phi) is 4.86. The minimum absolute atomic E-state index is 0.0732. The van der Waals surface area contributed by atoms with Crippen molar-refractivity contribution in [3.8, 4) is 5.75 Å². The summed E-state index contributed by atoms with van der Waals surface area (Å²) in [5, 5.41) is 0. The zero-order valence-electron chi connectivity index (χ0n) is 15.2. The lowest BCUT2D eigenvalue weighted by atomic mass is 9.54. The van der Waals surface area contributed by atoms with Crippen molar-refractivity contribution in [2.24, 2.45) is 23.1 Å². The number of carbonyl (C=O) groups is 1. The summed E-state index contributed by atoms with van der Waals surface area (Å²) in [5.74, 6) is 7.64. The molecule has 0 aromatic heterocycles. The molecule has 0 aliphatic heterocycles. The quantitative estimate of drug-likeness (QED) is 0.355. The highest BCUT2D eigenvalue weighted by atomic mass is 32.2. The van der Waals surface area contributed by atoms with E-state index in [-0.39, 0.29) is 11.2 Å². The Morgan fingerprint density at radius 1 is 1.35 bits per heavy atom. The highest BCUT2D eigenvalue weighted by Gasteiger charge is 2.52. The lowest BCUT2D eigenvalue weighted by molar-refractivity contribution is -0.199. The maximum atomic E-state index is 12.1. The average molecular weight is 375 g/mol. The third-order valence-corrected chi connectivity index (χ3v) is 7.25. The van der Waals surface area contributed by atoms with Crippen molar-refractivity contribution in [1.29, 1.82) is 0 Å². The van der Waals surface area contributed by atoms with E-state index < -0.39 is 0 Å². The molecule has 4 rings (SSSR count). The van der Waals surface area contributed by atoms with Gasteiger partial charge in [0.1, 0.15) is 5.75 Å². The highest BCUT2D eigenvalue weighted by Crippen LogP contribution is 2.61. The van der Waals surface area contributed by atoms with Crippen molar-refractivity contribution < 1.29 is 18.3 Å². The third kappa shape index (κ3) is 2.89. The van der Waals surface area contributed by atoms with Crippen LogP contribution < -0.4 is 10.1 Å². The summed E-state index contributed by atoms with van der Waals surface area (Å²) in [5.41, 5.74) is 3.96. The Balaban J connectivity index is 1.55. The fourth-order valence-electron chi connectivity index (χ4n) is 5.79. The molecule has 0 spiro atoms. The molecule has 0 radical (unpaired) electrons. The summed E-state index contributed by atoms with van der Waals surface area (Å²) in [6, 6.07) is 6.28. The summed E-state index contributed by atoms with van der Waals surface area (Å²) in [4.78, 5) is 16.1. The summed E-state index contributed by atoms with van der Waals surface area (Å²) in [7, 11) is 0. The molecule has 5 nitrogen and oxygen atoms in total. The molecule has 4 atom stereocenters. The molecule has 0 amide bonds. The highest BCUT2D eigenvalue weighted by molar-refractivity contribution is 7.90. The van der Waals surface area contributed by atoms with Crippen LogP contribution in [-0.2, 0) is 20.5 Å². The van der Waals surface area contributed by atoms with Crippen LogP contribution >= 0.6 is 12.3 Å². The maximum absolute atomic E-state index is 12.1. The first-order valence-corrected chi connectivity index (χ1v) is 9.92. The van der Waals surface area contributed by atoms with Gasteiger partial charge < -0.3 is 4.18 Å². The molecule has 1 saturated carbocycles. The number of rotatable bonds is 5. The third-order valence-electron chi connectivity index (χ3n) is 6.86. The molecule has 0 saturated heterocycles. The number of hydrogen-bond donors (Lipinski definition) is 1. The number of hydrogen-bond acceptors (Lipinski definition) is 6. The van der Waals surface area contributed by atoms with Gasteiger partial charge in [-0.3, -0.25) is 4.79 Å². The fraction of sp³-hybridized carbons (Fsp3) is 0.550. The average Bonchev–Trinajstić information content (AvgIpc) is 2.99. The molecule has 6 heteroatoms. The van der Waals surface area contributed by atoms with E-state index in [1.807, 2.05) is 6.07 Å². The Labute approximate surface area is 158 Å². The number of fused-ring (bicyclic) bond motifs is 5.